The monoisotopic (exact) mass is 602 g/mol. The molecule has 2 fully saturated rings. The van der Waals surface area contributed by atoms with E-state index in [4.69, 9.17) is 0 Å². The van der Waals surface area contributed by atoms with Gasteiger partial charge >= 0.3 is 0 Å². The number of nitrogens with zero attached hydrogens (tertiary/aromatic N) is 2. The quantitative estimate of drug-likeness (QED) is 0.178. The second kappa shape index (κ2) is 16.7. The highest BCUT2D eigenvalue weighted by atomic mass is 19.1. The van der Waals surface area contributed by atoms with E-state index in [0.29, 0.717) is 5.92 Å². The van der Waals surface area contributed by atoms with E-state index in [-0.39, 0.29) is 11.9 Å². The van der Waals surface area contributed by atoms with Crippen LogP contribution < -0.4 is 0 Å². The van der Waals surface area contributed by atoms with Gasteiger partial charge in [-0.25, -0.2) is 4.39 Å². The minimum absolute atomic E-state index is 0.0590. The number of likely N-dealkylation sites (tertiary alicyclic amines) is 2. The first-order chi connectivity index (χ1) is 22.0. The molecule has 4 aromatic rings. The lowest BCUT2D eigenvalue weighted by molar-refractivity contribution is 0.179. The Morgan fingerprint density at radius 3 is 1.84 bits per heavy atom. The van der Waals surface area contributed by atoms with Crippen molar-refractivity contribution < 1.29 is 4.39 Å². The molecule has 0 aliphatic carbocycles. The fourth-order valence-electron chi connectivity index (χ4n) is 7.14. The van der Waals surface area contributed by atoms with Gasteiger partial charge in [-0.2, -0.15) is 0 Å². The minimum Gasteiger partial charge on any atom is -0.302 e. The van der Waals surface area contributed by atoms with E-state index in [1.54, 1.807) is 12.1 Å². The van der Waals surface area contributed by atoms with Gasteiger partial charge in [-0.3, -0.25) is 4.90 Å². The number of benzene rings is 4. The Hall–Kier alpha value is -3.53. The lowest BCUT2D eigenvalue weighted by Gasteiger charge is -2.34. The smallest absolute Gasteiger partial charge is 0.127 e. The predicted octanol–water partition coefficient (Wildman–Crippen LogP) is 10.2. The van der Waals surface area contributed by atoms with E-state index in [9.17, 15) is 4.39 Å². The molecule has 0 amide bonds. The highest BCUT2D eigenvalue weighted by Gasteiger charge is 2.25. The van der Waals surface area contributed by atoms with Crippen LogP contribution in [-0.4, -0.2) is 42.5 Å². The van der Waals surface area contributed by atoms with E-state index >= 15 is 0 Å². The number of allylic oxidation sites excluding steroid dienone is 1. The zero-order chi connectivity index (χ0) is 31.4. The summed E-state index contributed by atoms with van der Waals surface area (Å²) in [7, 11) is 0. The maximum absolute atomic E-state index is 13.7. The van der Waals surface area contributed by atoms with Crippen LogP contribution in [-0.2, 0) is 6.42 Å². The molecule has 0 saturated carbocycles. The highest BCUT2D eigenvalue weighted by Crippen LogP contribution is 2.30. The largest absolute Gasteiger partial charge is 0.302 e. The molecule has 2 heterocycles. The Bertz CT molecular complexity index is 1400. The first kappa shape index (κ1) is 32.9. The van der Waals surface area contributed by atoms with E-state index in [0.717, 1.165) is 43.1 Å². The van der Waals surface area contributed by atoms with Crippen LogP contribution in [0.1, 0.15) is 85.7 Å². The summed E-state index contributed by atoms with van der Waals surface area (Å²) in [6.45, 7) is 14.0. The van der Waals surface area contributed by atoms with Crippen molar-refractivity contribution in [3.63, 3.8) is 0 Å². The SMILES string of the molecule is C=C(C)c1ccc(CC2CCN(CC(c3ccccc3)c3ccccc3)CC2)cc1.CCC(c1ccccc1F)N1CCCC1. The Morgan fingerprint density at radius 2 is 1.31 bits per heavy atom. The van der Waals surface area contributed by atoms with Gasteiger partial charge in [0.1, 0.15) is 5.82 Å². The zero-order valence-corrected chi connectivity index (χ0v) is 27.4. The molecule has 2 nitrogen and oxygen atoms in total. The fourth-order valence-corrected chi connectivity index (χ4v) is 7.14. The van der Waals surface area contributed by atoms with Gasteiger partial charge in [0, 0.05) is 24.1 Å². The molecule has 1 atom stereocenters. The van der Waals surface area contributed by atoms with Crippen LogP contribution in [0.3, 0.4) is 0 Å². The van der Waals surface area contributed by atoms with Crippen LogP contribution in [0, 0.1) is 11.7 Å². The second-order valence-corrected chi connectivity index (χ2v) is 13.0. The van der Waals surface area contributed by atoms with Gasteiger partial charge in [-0.15, -0.1) is 0 Å². The molecule has 6 rings (SSSR count). The van der Waals surface area contributed by atoms with Gasteiger partial charge in [-0.05, 0) is 106 Å². The zero-order valence-electron chi connectivity index (χ0n) is 27.4. The van der Waals surface area contributed by atoms with Crippen molar-refractivity contribution in [2.75, 3.05) is 32.7 Å². The van der Waals surface area contributed by atoms with Crippen molar-refractivity contribution in [2.24, 2.45) is 5.92 Å². The van der Waals surface area contributed by atoms with Gasteiger partial charge in [0.05, 0.1) is 0 Å². The van der Waals surface area contributed by atoms with Crippen LogP contribution >= 0.6 is 0 Å². The first-order valence-electron chi connectivity index (χ1n) is 17.1. The van der Waals surface area contributed by atoms with Crippen molar-refractivity contribution in [2.45, 2.75) is 64.3 Å². The van der Waals surface area contributed by atoms with Crippen LogP contribution in [0.4, 0.5) is 4.39 Å². The van der Waals surface area contributed by atoms with Crippen molar-refractivity contribution in [1.29, 1.82) is 0 Å². The van der Waals surface area contributed by atoms with Crippen LogP contribution in [0.15, 0.2) is 116 Å². The van der Waals surface area contributed by atoms with Crippen LogP contribution in [0.5, 0.6) is 0 Å². The third-order valence-electron chi connectivity index (χ3n) is 9.76. The molecule has 45 heavy (non-hydrogen) atoms. The Kier molecular flexibility index (Phi) is 12.2. The number of piperidine rings is 1. The summed E-state index contributed by atoms with van der Waals surface area (Å²) in [5.41, 5.74) is 7.56. The summed E-state index contributed by atoms with van der Waals surface area (Å²) in [4.78, 5) is 5.07. The number of hydrogen-bond donors (Lipinski definition) is 0. The Balaban J connectivity index is 0.000000223. The topological polar surface area (TPSA) is 6.48 Å². The van der Waals surface area contributed by atoms with Crippen LogP contribution in [0.25, 0.3) is 5.57 Å². The average Bonchev–Trinajstić information content (AvgIpc) is 3.62. The number of hydrogen-bond acceptors (Lipinski definition) is 2. The van der Waals surface area contributed by atoms with Crippen molar-refractivity contribution in [1.82, 2.24) is 9.80 Å². The Morgan fingerprint density at radius 1 is 0.756 bits per heavy atom. The summed E-state index contributed by atoms with van der Waals surface area (Å²) in [5.74, 6) is 1.18. The third kappa shape index (κ3) is 9.25. The third-order valence-corrected chi connectivity index (χ3v) is 9.76. The maximum atomic E-state index is 13.7. The molecule has 3 heteroatoms. The van der Waals surface area contributed by atoms with Crippen molar-refractivity contribution >= 4 is 5.57 Å². The molecule has 0 aromatic heterocycles. The molecular weight excluding hydrogens is 551 g/mol. The second-order valence-electron chi connectivity index (χ2n) is 13.0. The molecule has 1 unspecified atom stereocenters. The molecule has 2 aliphatic rings. The van der Waals surface area contributed by atoms with Gasteiger partial charge in [0.15, 0.2) is 0 Å². The molecule has 0 N–H and O–H groups in total. The first-order valence-corrected chi connectivity index (χ1v) is 17.1. The van der Waals surface area contributed by atoms with Crippen molar-refractivity contribution in [3.8, 4) is 0 Å². The summed E-state index contributed by atoms with van der Waals surface area (Å²) >= 11 is 0. The number of rotatable bonds is 10. The number of halogens is 1. The molecule has 4 aromatic carbocycles. The van der Waals surface area contributed by atoms with Gasteiger partial charge in [-0.1, -0.05) is 122 Å². The van der Waals surface area contributed by atoms with Crippen LogP contribution in [0.2, 0.25) is 0 Å². The Labute approximate surface area is 271 Å². The van der Waals surface area contributed by atoms with Gasteiger partial charge in [0.25, 0.3) is 0 Å². The molecule has 2 saturated heterocycles. The average molecular weight is 603 g/mol. The molecule has 0 spiro atoms. The van der Waals surface area contributed by atoms with E-state index in [1.165, 1.54) is 67.4 Å². The predicted molar refractivity (Wildman–Crippen MR) is 189 cm³/mol. The molecule has 0 radical (unpaired) electrons. The summed E-state index contributed by atoms with van der Waals surface area (Å²) in [6.07, 6.45) is 7.28. The normalized spacial score (nSPS) is 16.7. The molecule has 0 bridgehead atoms. The van der Waals surface area contributed by atoms with E-state index < -0.39 is 0 Å². The van der Waals surface area contributed by atoms with Crippen molar-refractivity contribution in [3.05, 3.63) is 149 Å². The summed E-state index contributed by atoms with van der Waals surface area (Å²) in [5, 5.41) is 0. The maximum Gasteiger partial charge on any atom is 0.127 e. The summed E-state index contributed by atoms with van der Waals surface area (Å²) < 4.78 is 13.7. The molecular formula is C42H51FN2. The fraction of sp³-hybridized carbons (Fsp3) is 0.381. The van der Waals surface area contributed by atoms with E-state index in [2.05, 4.69) is 115 Å². The van der Waals surface area contributed by atoms with Gasteiger partial charge < -0.3 is 4.90 Å². The molecule has 2 aliphatic heterocycles. The molecule has 236 valence electrons. The lowest BCUT2D eigenvalue weighted by Crippen LogP contribution is -2.37. The minimum atomic E-state index is -0.0590. The highest BCUT2D eigenvalue weighted by molar-refractivity contribution is 5.61. The lowest BCUT2D eigenvalue weighted by atomic mass is 9.87. The standard InChI is InChI=1S/C29H33N.C13H18FN/c1-23(2)26-15-13-24(14-16-26)21-25-17-19-30(20-18-25)22-29(27-9-5-3-6-10-27)28-11-7-4-8-12-28;1-2-13(15-9-5-6-10-15)11-7-3-4-8-12(11)14/h3-16,25,29H,1,17-22H2,2H3;3-4,7-8,13H,2,5-6,9-10H2,1H3. The van der Waals surface area contributed by atoms with Gasteiger partial charge in [0.2, 0.25) is 0 Å². The summed E-state index contributed by atoms with van der Waals surface area (Å²) in [6, 6.07) is 38.4. The van der Waals surface area contributed by atoms with E-state index in [1.807, 2.05) is 12.1 Å².